The topological polar surface area (TPSA) is 46.5 Å². The molecule has 1 unspecified atom stereocenters. The van der Waals surface area contributed by atoms with E-state index < -0.39 is 14.4 Å². The molecule has 0 heterocycles. The summed E-state index contributed by atoms with van der Waals surface area (Å²) in [6, 6.07) is 0. The van der Waals surface area contributed by atoms with Gasteiger partial charge >= 0.3 is 113 Å². The van der Waals surface area contributed by atoms with Crippen molar-refractivity contribution in [1.29, 1.82) is 0 Å². The van der Waals surface area contributed by atoms with Gasteiger partial charge in [0, 0.05) is 0 Å². The van der Waals surface area contributed by atoms with Crippen molar-refractivity contribution < 1.29 is 13.8 Å². The molecule has 0 aliphatic heterocycles. The third-order valence-electron chi connectivity index (χ3n) is 2.50. The van der Waals surface area contributed by atoms with E-state index in [1.54, 1.807) is 0 Å². The van der Waals surface area contributed by atoms with Crippen molar-refractivity contribution in [3.63, 3.8) is 0 Å². The molecule has 0 aliphatic rings. The molecule has 0 aromatic heterocycles. The van der Waals surface area contributed by atoms with Crippen LogP contribution in [0.2, 0.25) is 0 Å². The molecule has 0 saturated carbocycles. The summed E-state index contributed by atoms with van der Waals surface area (Å²) >= 11 is 0. The summed E-state index contributed by atoms with van der Waals surface area (Å²) < 4.78 is 17.4. The van der Waals surface area contributed by atoms with Crippen LogP contribution < -0.4 is 0 Å². The molecule has 0 bridgehead atoms. The molecular weight excluding hydrogens is 266 g/mol. The van der Waals surface area contributed by atoms with Gasteiger partial charge in [-0.1, -0.05) is 0 Å². The minimum atomic E-state index is -3.38. The number of hydrogen-bond acceptors (Lipinski definition) is 2. The number of unbranched alkanes of at least 4 members (excludes halogenated alkanes) is 6. The Morgan fingerprint density at radius 1 is 0.944 bits per heavy atom. The van der Waals surface area contributed by atoms with E-state index >= 15 is 0 Å². The Balaban J connectivity index is 3.76. The van der Waals surface area contributed by atoms with Crippen molar-refractivity contribution in [3.05, 3.63) is 0 Å². The van der Waals surface area contributed by atoms with Crippen LogP contribution in [0.1, 0.15) is 51.9 Å². The maximum absolute atomic E-state index is 11.9. The standard InChI is InChI=1S/C13H32O3P2/c1-6-7-8-9-10-11-12-13-17(14,15)16-18(2,3,4)5/h6-13H2,1-5H3,(H,14,15). The van der Waals surface area contributed by atoms with Gasteiger partial charge < -0.3 is 0 Å². The van der Waals surface area contributed by atoms with Gasteiger partial charge in [0.05, 0.1) is 0 Å². The van der Waals surface area contributed by atoms with Gasteiger partial charge in [-0.3, -0.25) is 0 Å². The van der Waals surface area contributed by atoms with Crippen molar-refractivity contribution in [2.45, 2.75) is 51.9 Å². The van der Waals surface area contributed by atoms with E-state index in [4.69, 9.17) is 4.31 Å². The van der Waals surface area contributed by atoms with Crippen LogP contribution in [0, 0.1) is 0 Å². The fraction of sp³-hybridized carbons (Fsp3) is 1.00. The Bertz CT molecular complexity index is 272. The van der Waals surface area contributed by atoms with E-state index in [-0.39, 0.29) is 0 Å². The van der Waals surface area contributed by atoms with Gasteiger partial charge in [-0.25, -0.2) is 0 Å². The molecule has 0 aliphatic carbocycles. The summed E-state index contributed by atoms with van der Waals surface area (Å²) in [4.78, 5) is 9.82. The number of rotatable bonds is 10. The summed E-state index contributed by atoms with van der Waals surface area (Å²) in [5, 5.41) is 0. The molecule has 0 aromatic rings. The Morgan fingerprint density at radius 3 is 1.83 bits per heavy atom. The monoisotopic (exact) mass is 298 g/mol. The summed E-state index contributed by atoms with van der Waals surface area (Å²) in [7, 11) is -3.38. The molecule has 0 fully saturated rings. The maximum atomic E-state index is 11.9. The zero-order valence-electron chi connectivity index (χ0n) is 12.8. The Kier molecular flexibility index (Phi) is 7.62. The van der Waals surface area contributed by atoms with Crippen molar-refractivity contribution >= 4 is 14.4 Å². The molecule has 0 aromatic carbocycles. The summed E-state index contributed by atoms with van der Waals surface area (Å²) in [5.41, 5.74) is 0. The third kappa shape index (κ3) is 13.0. The van der Waals surface area contributed by atoms with E-state index in [2.05, 4.69) is 6.92 Å². The van der Waals surface area contributed by atoms with Gasteiger partial charge in [0.2, 0.25) is 0 Å². The molecule has 1 atom stereocenters. The van der Waals surface area contributed by atoms with Crippen LogP contribution in [0.5, 0.6) is 0 Å². The first-order chi connectivity index (χ1) is 8.02. The molecule has 3 nitrogen and oxygen atoms in total. The fourth-order valence-electron chi connectivity index (χ4n) is 1.82. The Hall–Kier alpha value is 0.580. The second-order valence-corrected chi connectivity index (χ2v) is 16.2. The predicted octanol–water partition coefficient (Wildman–Crippen LogP) is 4.93. The number of hydrogen-bond donors (Lipinski definition) is 1. The molecule has 0 rings (SSSR count). The molecule has 112 valence electrons. The molecule has 5 heteroatoms. The molecular formula is C13H32O3P2. The molecule has 1 N–H and O–H groups in total. The van der Waals surface area contributed by atoms with Gasteiger partial charge in [0.1, 0.15) is 0 Å². The van der Waals surface area contributed by atoms with Crippen LogP contribution in [-0.2, 0) is 8.88 Å². The van der Waals surface area contributed by atoms with Crippen molar-refractivity contribution in [3.8, 4) is 0 Å². The average molecular weight is 298 g/mol. The molecule has 0 radical (unpaired) electrons. The van der Waals surface area contributed by atoms with E-state index in [1.807, 2.05) is 26.7 Å². The van der Waals surface area contributed by atoms with Crippen LogP contribution in [0.25, 0.3) is 0 Å². The first-order valence-electron chi connectivity index (χ1n) is 7.06. The quantitative estimate of drug-likeness (QED) is 0.459. The van der Waals surface area contributed by atoms with E-state index in [9.17, 15) is 9.46 Å². The van der Waals surface area contributed by atoms with E-state index in [0.29, 0.717) is 6.16 Å². The predicted molar refractivity (Wildman–Crippen MR) is 84.4 cm³/mol. The van der Waals surface area contributed by atoms with Gasteiger partial charge in [0.25, 0.3) is 0 Å². The molecule has 0 amide bonds. The Labute approximate surface area is 113 Å². The SMILES string of the molecule is CCCCCCCCCP(=O)(O)OP(C)(C)(C)C. The van der Waals surface area contributed by atoms with E-state index in [0.717, 1.165) is 12.8 Å². The zero-order chi connectivity index (χ0) is 14.3. The van der Waals surface area contributed by atoms with E-state index in [1.165, 1.54) is 32.1 Å². The van der Waals surface area contributed by atoms with Crippen LogP contribution in [-0.4, -0.2) is 37.7 Å². The first-order valence-corrected chi connectivity index (χ1v) is 12.8. The van der Waals surface area contributed by atoms with Crippen LogP contribution >= 0.6 is 14.4 Å². The average Bonchev–Trinajstić information content (AvgIpc) is 2.11. The minimum absolute atomic E-state index is 0.308. The zero-order valence-corrected chi connectivity index (χ0v) is 14.6. The Morgan fingerprint density at radius 2 is 1.39 bits per heavy atom. The van der Waals surface area contributed by atoms with Crippen LogP contribution in [0.15, 0.2) is 0 Å². The second-order valence-electron chi connectivity index (χ2n) is 6.98. The fourth-order valence-corrected chi connectivity index (χ4v) is 6.85. The molecule has 18 heavy (non-hydrogen) atoms. The van der Waals surface area contributed by atoms with Gasteiger partial charge in [0.15, 0.2) is 0 Å². The third-order valence-corrected chi connectivity index (χ3v) is 7.01. The second kappa shape index (κ2) is 7.39. The molecule has 0 spiro atoms. The summed E-state index contributed by atoms with van der Waals surface area (Å²) in [6.07, 6.45) is 8.39. The normalized spacial score (nSPS) is 18.0. The van der Waals surface area contributed by atoms with Gasteiger partial charge in [-0.15, -0.1) is 0 Å². The van der Waals surface area contributed by atoms with Crippen LogP contribution in [0.3, 0.4) is 0 Å². The van der Waals surface area contributed by atoms with Crippen molar-refractivity contribution in [2.75, 3.05) is 32.8 Å². The van der Waals surface area contributed by atoms with Crippen LogP contribution in [0.4, 0.5) is 0 Å². The first kappa shape index (κ1) is 18.6. The molecule has 0 saturated heterocycles. The summed E-state index contributed by atoms with van der Waals surface area (Å²) in [5.74, 6) is 0. The van der Waals surface area contributed by atoms with Crippen molar-refractivity contribution in [1.82, 2.24) is 0 Å². The van der Waals surface area contributed by atoms with Crippen molar-refractivity contribution in [2.24, 2.45) is 0 Å². The van der Waals surface area contributed by atoms with Gasteiger partial charge in [-0.05, 0) is 0 Å². The van der Waals surface area contributed by atoms with Gasteiger partial charge in [-0.2, -0.15) is 0 Å². The summed E-state index contributed by atoms with van der Waals surface area (Å²) in [6.45, 7) is 7.68.